The number of benzene rings is 1. The zero-order valence-corrected chi connectivity index (χ0v) is 17.5. The summed E-state index contributed by atoms with van der Waals surface area (Å²) in [6, 6.07) is 12.7. The van der Waals surface area contributed by atoms with Crippen molar-refractivity contribution >= 4 is 23.3 Å². The molecule has 3 amide bonds. The van der Waals surface area contributed by atoms with Crippen LogP contribution in [0.25, 0.3) is 0 Å². The van der Waals surface area contributed by atoms with Gasteiger partial charge in [0.25, 0.3) is 0 Å². The fraction of sp³-hybridized carbons (Fsp3) is 0.429. The fourth-order valence-corrected chi connectivity index (χ4v) is 4.31. The molecule has 0 radical (unpaired) electrons. The lowest BCUT2D eigenvalue weighted by Gasteiger charge is -2.35. The SMILES string of the molecule is CN1CCN(CC(NC(=O)CC(NC(N)=O)c2cccs2)c2ccccc2)CC1. The Morgan fingerprint density at radius 3 is 2.38 bits per heavy atom. The van der Waals surface area contributed by atoms with Gasteiger partial charge in [0, 0.05) is 37.6 Å². The van der Waals surface area contributed by atoms with E-state index in [-0.39, 0.29) is 18.4 Å². The molecule has 3 rings (SSSR count). The van der Waals surface area contributed by atoms with Gasteiger partial charge in [-0.25, -0.2) is 4.79 Å². The number of primary amides is 1. The largest absolute Gasteiger partial charge is 0.352 e. The van der Waals surface area contributed by atoms with Crippen molar-refractivity contribution < 1.29 is 9.59 Å². The Morgan fingerprint density at radius 1 is 1.03 bits per heavy atom. The molecule has 29 heavy (non-hydrogen) atoms. The number of rotatable bonds is 8. The Hall–Kier alpha value is -2.42. The van der Waals surface area contributed by atoms with Crippen LogP contribution in [0.3, 0.4) is 0 Å². The minimum absolute atomic E-state index is 0.107. The second-order valence-electron chi connectivity index (χ2n) is 7.42. The van der Waals surface area contributed by atoms with Crippen LogP contribution in [0.2, 0.25) is 0 Å². The first-order chi connectivity index (χ1) is 14.0. The Bertz CT molecular complexity index is 776. The highest BCUT2D eigenvalue weighted by Gasteiger charge is 2.24. The van der Waals surface area contributed by atoms with Crippen molar-refractivity contribution in [2.45, 2.75) is 18.5 Å². The monoisotopic (exact) mass is 415 g/mol. The van der Waals surface area contributed by atoms with Crippen molar-refractivity contribution in [2.24, 2.45) is 5.73 Å². The Kier molecular flexibility index (Phi) is 7.62. The Balaban J connectivity index is 1.67. The molecular formula is C21H29N5O2S. The van der Waals surface area contributed by atoms with Gasteiger partial charge in [-0.15, -0.1) is 11.3 Å². The normalized spacial score (nSPS) is 17.4. The molecule has 4 N–H and O–H groups in total. The predicted molar refractivity (Wildman–Crippen MR) is 116 cm³/mol. The van der Waals surface area contributed by atoms with Gasteiger partial charge in [-0.3, -0.25) is 9.69 Å². The maximum atomic E-state index is 12.9. The average molecular weight is 416 g/mol. The summed E-state index contributed by atoms with van der Waals surface area (Å²) in [5.74, 6) is -0.111. The van der Waals surface area contributed by atoms with E-state index in [1.165, 1.54) is 11.3 Å². The molecule has 2 heterocycles. The van der Waals surface area contributed by atoms with E-state index in [0.29, 0.717) is 0 Å². The van der Waals surface area contributed by atoms with Crippen LogP contribution in [0.5, 0.6) is 0 Å². The molecule has 1 aliphatic heterocycles. The van der Waals surface area contributed by atoms with Crippen molar-refractivity contribution in [1.29, 1.82) is 0 Å². The first-order valence-electron chi connectivity index (χ1n) is 9.86. The predicted octanol–water partition coefficient (Wildman–Crippen LogP) is 1.95. The molecule has 0 aliphatic carbocycles. The lowest BCUT2D eigenvalue weighted by Crippen LogP contribution is -2.48. The first kappa shape index (κ1) is 21.3. The second kappa shape index (κ2) is 10.4. The van der Waals surface area contributed by atoms with E-state index in [0.717, 1.165) is 43.2 Å². The molecule has 1 aromatic carbocycles. The van der Waals surface area contributed by atoms with Gasteiger partial charge in [-0.1, -0.05) is 36.4 Å². The molecule has 0 spiro atoms. The van der Waals surface area contributed by atoms with Crippen molar-refractivity contribution in [3.63, 3.8) is 0 Å². The van der Waals surface area contributed by atoms with Crippen molar-refractivity contribution in [3.05, 3.63) is 58.3 Å². The maximum Gasteiger partial charge on any atom is 0.312 e. The first-order valence-corrected chi connectivity index (χ1v) is 10.7. The van der Waals surface area contributed by atoms with Crippen molar-refractivity contribution in [1.82, 2.24) is 20.4 Å². The summed E-state index contributed by atoms with van der Waals surface area (Å²) in [7, 11) is 2.13. The summed E-state index contributed by atoms with van der Waals surface area (Å²) in [5, 5.41) is 7.78. The van der Waals surface area contributed by atoms with E-state index in [9.17, 15) is 9.59 Å². The molecule has 1 aromatic heterocycles. The van der Waals surface area contributed by atoms with Crippen LogP contribution in [-0.4, -0.2) is 61.5 Å². The molecule has 0 saturated carbocycles. The van der Waals surface area contributed by atoms with Crippen LogP contribution in [0, 0.1) is 0 Å². The standard InChI is InChI=1S/C21H29N5O2S/c1-25-9-11-26(12-10-25)15-18(16-6-3-2-4-7-16)23-20(27)14-17(24-21(22)28)19-8-5-13-29-19/h2-8,13,17-18H,9-12,14-15H2,1H3,(H,23,27)(H3,22,24,28). The minimum Gasteiger partial charge on any atom is -0.352 e. The number of hydrogen-bond acceptors (Lipinski definition) is 5. The highest BCUT2D eigenvalue weighted by molar-refractivity contribution is 7.10. The summed E-state index contributed by atoms with van der Waals surface area (Å²) in [4.78, 5) is 29.9. The number of piperazine rings is 1. The highest BCUT2D eigenvalue weighted by Crippen LogP contribution is 2.23. The van der Waals surface area contributed by atoms with Crippen LogP contribution in [0.15, 0.2) is 47.8 Å². The number of nitrogens with two attached hydrogens (primary N) is 1. The third-order valence-corrected chi connectivity index (χ3v) is 6.15. The summed E-state index contributed by atoms with van der Waals surface area (Å²) in [6.07, 6.45) is 0.148. The van der Waals surface area contributed by atoms with Gasteiger partial charge in [0.15, 0.2) is 0 Å². The van der Waals surface area contributed by atoms with Gasteiger partial charge in [0.2, 0.25) is 5.91 Å². The minimum atomic E-state index is -0.631. The molecule has 156 valence electrons. The Morgan fingerprint density at radius 2 is 1.76 bits per heavy atom. The number of nitrogens with zero attached hydrogens (tertiary/aromatic N) is 2. The summed E-state index contributed by atoms with van der Waals surface area (Å²) >= 11 is 1.50. The zero-order chi connectivity index (χ0) is 20.6. The summed E-state index contributed by atoms with van der Waals surface area (Å²) in [5.41, 5.74) is 6.39. The van der Waals surface area contributed by atoms with Crippen LogP contribution in [0.4, 0.5) is 4.79 Å². The van der Waals surface area contributed by atoms with Crippen LogP contribution >= 0.6 is 11.3 Å². The summed E-state index contributed by atoms with van der Waals surface area (Å²) < 4.78 is 0. The van der Waals surface area contributed by atoms with Gasteiger partial charge >= 0.3 is 6.03 Å². The van der Waals surface area contributed by atoms with Gasteiger partial charge in [0.1, 0.15) is 0 Å². The second-order valence-corrected chi connectivity index (χ2v) is 8.39. The zero-order valence-electron chi connectivity index (χ0n) is 16.7. The number of carbonyl (C=O) groups is 2. The average Bonchev–Trinajstić information content (AvgIpc) is 3.24. The number of urea groups is 1. The smallest absolute Gasteiger partial charge is 0.312 e. The number of thiophene rings is 1. The number of likely N-dealkylation sites (N-methyl/N-ethyl adjacent to an activating group) is 1. The quantitative estimate of drug-likeness (QED) is 0.615. The van der Waals surface area contributed by atoms with E-state index >= 15 is 0 Å². The molecule has 7 nitrogen and oxygen atoms in total. The molecule has 0 bridgehead atoms. The van der Waals surface area contributed by atoms with Gasteiger partial charge in [0.05, 0.1) is 18.5 Å². The number of carbonyl (C=O) groups excluding carboxylic acids is 2. The van der Waals surface area contributed by atoms with E-state index in [2.05, 4.69) is 27.5 Å². The van der Waals surface area contributed by atoms with Crippen LogP contribution in [-0.2, 0) is 4.79 Å². The summed E-state index contributed by atoms with van der Waals surface area (Å²) in [6.45, 7) is 4.78. The number of nitrogens with one attached hydrogen (secondary N) is 2. The lowest BCUT2D eigenvalue weighted by atomic mass is 10.0. The molecule has 1 fully saturated rings. The third kappa shape index (κ3) is 6.56. The highest BCUT2D eigenvalue weighted by atomic mass is 32.1. The molecule has 8 heteroatoms. The fourth-order valence-electron chi connectivity index (χ4n) is 3.53. The van der Waals surface area contributed by atoms with Gasteiger partial charge in [-0.2, -0.15) is 0 Å². The lowest BCUT2D eigenvalue weighted by molar-refractivity contribution is -0.122. The molecule has 1 aliphatic rings. The molecular weight excluding hydrogens is 386 g/mol. The van der Waals surface area contributed by atoms with E-state index in [1.54, 1.807) is 0 Å². The molecule has 2 unspecified atom stereocenters. The molecule has 2 aromatic rings. The number of amides is 3. The van der Waals surface area contributed by atoms with E-state index in [4.69, 9.17) is 5.73 Å². The number of hydrogen-bond donors (Lipinski definition) is 3. The van der Waals surface area contributed by atoms with Crippen molar-refractivity contribution in [3.8, 4) is 0 Å². The Labute approximate surface area is 175 Å². The van der Waals surface area contributed by atoms with Gasteiger partial charge in [-0.05, 0) is 24.1 Å². The maximum absolute atomic E-state index is 12.9. The van der Waals surface area contributed by atoms with Crippen LogP contribution in [0.1, 0.15) is 28.9 Å². The molecule has 1 saturated heterocycles. The van der Waals surface area contributed by atoms with Crippen molar-refractivity contribution in [2.75, 3.05) is 39.8 Å². The van der Waals surface area contributed by atoms with E-state index < -0.39 is 12.1 Å². The van der Waals surface area contributed by atoms with Gasteiger partial charge < -0.3 is 21.3 Å². The van der Waals surface area contributed by atoms with E-state index in [1.807, 2.05) is 47.8 Å². The molecule has 2 atom stereocenters. The third-order valence-electron chi connectivity index (χ3n) is 5.17. The van der Waals surface area contributed by atoms with Crippen LogP contribution < -0.4 is 16.4 Å². The topological polar surface area (TPSA) is 90.7 Å².